The molecule has 1 unspecified atom stereocenters. The lowest BCUT2D eigenvalue weighted by molar-refractivity contribution is 0.146. The van der Waals surface area contributed by atoms with Crippen molar-refractivity contribution >= 4 is 13.9 Å². The summed E-state index contributed by atoms with van der Waals surface area (Å²) in [6, 6.07) is 3.77. The molecule has 0 aromatic heterocycles. The Morgan fingerprint density at radius 2 is 2.00 bits per heavy atom. The van der Waals surface area contributed by atoms with E-state index < -0.39 is 5.31 Å². The summed E-state index contributed by atoms with van der Waals surface area (Å²) in [5.41, 5.74) is 5.87. The average Bonchev–Trinajstić information content (AvgIpc) is 2.94. The third kappa shape index (κ3) is 2.51. The van der Waals surface area contributed by atoms with Gasteiger partial charge < -0.3 is 10.2 Å². The first kappa shape index (κ1) is 17.9. The molecule has 2 nitrogen and oxygen atoms in total. The largest absolute Gasteiger partial charge is 0.508 e. The van der Waals surface area contributed by atoms with Crippen LogP contribution in [-0.4, -0.2) is 24.2 Å². The Balaban J connectivity index is 1.82. The summed E-state index contributed by atoms with van der Waals surface area (Å²) in [4.78, 5) is 0. The van der Waals surface area contributed by atoms with Crippen LogP contribution in [0.1, 0.15) is 75.0 Å². The van der Waals surface area contributed by atoms with Crippen LogP contribution in [0.15, 0.2) is 29.4 Å². The minimum atomic E-state index is -0.490. The van der Waals surface area contributed by atoms with E-state index in [1.807, 2.05) is 13.0 Å². The Labute approximate surface area is 158 Å². The third-order valence-corrected chi connectivity index (χ3v) is 7.15. The predicted molar refractivity (Wildman–Crippen MR) is 107 cm³/mol. The van der Waals surface area contributed by atoms with Gasteiger partial charge in [-0.1, -0.05) is 50.0 Å². The number of hydrogen-bond acceptors (Lipinski definition) is 2. The first-order valence-corrected chi connectivity index (χ1v) is 10.1. The number of unbranched alkanes of at least 4 members (excludes halogenated alkanes) is 2. The molecule has 0 spiro atoms. The van der Waals surface area contributed by atoms with Crippen LogP contribution in [0.2, 0.25) is 0 Å². The van der Waals surface area contributed by atoms with Crippen LogP contribution in [-0.2, 0) is 5.31 Å². The maximum atomic E-state index is 10.5. The maximum Gasteiger partial charge on any atom is 0.119 e. The van der Waals surface area contributed by atoms with Crippen LogP contribution in [0.4, 0.5) is 0 Å². The fourth-order valence-electron chi connectivity index (χ4n) is 5.70. The minimum Gasteiger partial charge on any atom is -0.508 e. The number of hydrogen-bond donors (Lipinski definition) is 2. The van der Waals surface area contributed by atoms with Crippen molar-refractivity contribution in [3.8, 4) is 5.75 Å². The topological polar surface area (TPSA) is 40.5 Å². The molecule has 26 heavy (non-hydrogen) atoms. The summed E-state index contributed by atoms with van der Waals surface area (Å²) in [5, 5.41) is 20.1. The highest BCUT2D eigenvalue weighted by Gasteiger charge is 2.51. The lowest BCUT2D eigenvalue weighted by Crippen LogP contribution is -2.40. The van der Waals surface area contributed by atoms with Crippen molar-refractivity contribution in [2.24, 2.45) is 5.41 Å². The molecule has 3 aliphatic carbocycles. The Hall–Kier alpha value is -1.48. The molecule has 0 heterocycles. The van der Waals surface area contributed by atoms with Gasteiger partial charge >= 0.3 is 0 Å². The van der Waals surface area contributed by atoms with Crippen molar-refractivity contribution in [1.29, 1.82) is 0 Å². The van der Waals surface area contributed by atoms with E-state index in [4.69, 9.17) is 7.85 Å². The van der Waals surface area contributed by atoms with Gasteiger partial charge in [0.1, 0.15) is 5.75 Å². The summed E-state index contributed by atoms with van der Waals surface area (Å²) in [6.45, 7) is 4.20. The summed E-state index contributed by atoms with van der Waals surface area (Å²) >= 11 is 0. The molecule has 0 bridgehead atoms. The van der Waals surface area contributed by atoms with E-state index in [1.165, 1.54) is 36.8 Å². The molecule has 3 atom stereocenters. The van der Waals surface area contributed by atoms with Crippen LogP contribution >= 0.6 is 0 Å². The average molecular weight is 348 g/mol. The second kappa shape index (κ2) is 6.30. The number of phenols is 1. The van der Waals surface area contributed by atoms with Gasteiger partial charge in [0.15, 0.2) is 0 Å². The van der Waals surface area contributed by atoms with E-state index in [-0.39, 0.29) is 11.5 Å². The number of aliphatic hydroxyl groups excluding tert-OH is 1. The molecule has 1 fully saturated rings. The van der Waals surface area contributed by atoms with Crippen molar-refractivity contribution in [3.05, 3.63) is 46.0 Å². The fourth-order valence-corrected chi connectivity index (χ4v) is 5.70. The molecule has 3 aliphatic rings. The Kier molecular flexibility index (Phi) is 4.34. The summed E-state index contributed by atoms with van der Waals surface area (Å²) in [6.07, 6.45) is 12.5. The molecular weight excluding hydrogens is 319 g/mol. The van der Waals surface area contributed by atoms with E-state index in [0.717, 1.165) is 42.4 Å². The van der Waals surface area contributed by atoms with Gasteiger partial charge in [0.2, 0.25) is 0 Å². The predicted octanol–water partition coefficient (Wildman–Crippen LogP) is 4.90. The molecule has 1 aromatic rings. The molecule has 2 N–H and O–H groups in total. The summed E-state index contributed by atoms with van der Waals surface area (Å²) in [5.74, 6) is 0.328. The molecule has 1 aromatic carbocycles. The second-order valence-corrected chi connectivity index (χ2v) is 8.67. The van der Waals surface area contributed by atoms with Crippen LogP contribution in [0, 0.1) is 12.3 Å². The van der Waals surface area contributed by atoms with E-state index in [0.29, 0.717) is 5.75 Å². The molecular formula is C23H29BO2. The number of benzene rings is 1. The van der Waals surface area contributed by atoms with Gasteiger partial charge in [-0.25, -0.2) is 0 Å². The van der Waals surface area contributed by atoms with Gasteiger partial charge in [0.25, 0.3) is 0 Å². The molecule has 1 saturated carbocycles. The summed E-state index contributed by atoms with van der Waals surface area (Å²) < 4.78 is 0. The van der Waals surface area contributed by atoms with Crippen LogP contribution < -0.4 is 0 Å². The zero-order valence-corrected chi connectivity index (χ0v) is 16.0. The van der Waals surface area contributed by atoms with E-state index >= 15 is 0 Å². The van der Waals surface area contributed by atoms with Gasteiger partial charge in [-0.2, -0.15) is 0 Å². The minimum absolute atomic E-state index is 0.139. The SMILES string of the molecule is [B][C@]12CCC3(CCCCC)C[C@H](O)CC3=C1C=Cc1c2ccc(O)c1C. The summed E-state index contributed by atoms with van der Waals surface area (Å²) in [7, 11) is 7.04. The second-order valence-electron chi connectivity index (χ2n) is 8.67. The number of allylic oxidation sites excluding steroid dienone is 2. The van der Waals surface area contributed by atoms with Gasteiger partial charge in [-0.15, -0.1) is 0 Å². The van der Waals surface area contributed by atoms with E-state index in [9.17, 15) is 10.2 Å². The third-order valence-electron chi connectivity index (χ3n) is 7.15. The van der Waals surface area contributed by atoms with Crippen molar-refractivity contribution in [3.63, 3.8) is 0 Å². The molecule has 3 heteroatoms. The van der Waals surface area contributed by atoms with Gasteiger partial charge in [0.05, 0.1) is 14.0 Å². The number of rotatable bonds is 4. The highest BCUT2D eigenvalue weighted by molar-refractivity contribution is 6.20. The Morgan fingerprint density at radius 1 is 1.19 bits per heavy atom. The zero-order chi connectivity index (χ0) is 18.5. The number of phenolic OH excluding ortho intramolecular Hbond substituents is 1. The van der Waals surface area contributed by atoms with Gasteiger partial charge in [-0.3, -0.25) is 0 Å². The van der Waals surface area contributed by atoms with E-state index in [1.54, 1.807) is 6.07 Å². The lowest BCUT2D eigenvalue weighted by Gasteiger charge is -2.48. The lowest BCUT2D eigenvalue weighted by atomic mass is 9.48. The normalized spacial score (nSPS) is 32.3. The molecule has 2 radical (unpaired) electrons. The Morgan fingerprint density at radius 3 is 2.77 bits per heavy atom. The first-order valence-electron chi connectivity index (χ1n) is 10.1. The zero-order valence-electron chi connectivity index (χ0n) is 16.0. The first-order chi connectivity index (χ1) is 12.4. The Bertz CT molecular complexity index is 794. The number of aromatic hydroxyl groups is 1. The molecule has 0 saturated heterocycles. The smallest absolute Gasteiger partial charge is 0.119 e. The highest BCUT2D eigenvalue weighted by atomic mass is 16.3. The monoisotopic (exact) mass is 348 g/mol. The van der Waals surface area contributed by atoms with Crippen molar-refractivity contribution < 1.29 is 10.2 Å². The standard InChI is InChI=1S/C23H29BO2/c1-3-4-5-10-22-11-12-23(24)18-8-9-21(26)15(2)17(18)6-7-19(23)20(22)13-16(25)14-22/h6-9,16,25-26H,3-5,10-14H2,1-2H3/t16-,22?,23+/m1/s1. The molecule has 4 rings (SSSR count). The van der Waals surface area contributed by atoms with Crippen LogP contribution in [0.25, 0.3) is 6.08 Å². The van der Waals surface area contributed by atoms with Crippen LogP contribution in [0.3, 0.4) is 0 Å². The fraction of sp³-hybridized carbons (Fsp3) is 0.565. The van der Waals surface area contributed by atoms with Crippen molar-refractivity contribution in [1.82, 2.24) is 0 Å². The number of aliphatic hydroxyl groups is 1. The molecule has 136 valence electrons. The molecule has 0 aliphatic heterocycles. The van der Waals surface area contributed by atoms with Crippen LogP contribution in [0.5, 0.6) is 5.75 Å². The highest BCUT2D eigenvalue weighted by Crippen LogP contribution is 2.60. The number of fused-ring (bicyclic) bond motifs is 4. The quantitative estimate of drug-likeness (QED) is 0.600. The molecule has 0 amide bonds. The van der Waals surface area contributed by atoms with Crippen molar-refractivity contribution in [2.45, 2.75) is 76.6 Å². The van der Waals surface area contributed by atoms with Crippen molar-refractivity contribution in [2.75, 3.05) is 0 Å². The van der Waals surface area contributed by atoms with E-state index in [2.05, 4.69) is 19.1 Å². The van der Waals surface area contributed by atoms with Gasteiger partial charge in [-0.05, 0) is 78.1 Å². The maximum absolute atomic E-state index is 10.5. The van der Waals surface area contributed by atoms with Gasteiger partial charge in [0, 0.05) is 0 Å².